The molecule has 7 heteroatoms. The van der Waals surface area contributed by atoms with E-state index in [2.05, 4.69) is 15.3 Å². The van der Waals surface area contributed by atoms with Crippen LogP contribution in [0.25, 0.3) is 11.0 Å². The zero-order valence-corrected chi connectivity index (χ0v) is 16.3. The SMILES string of the molecule is CC(C)[C@H](NC(=O)CCN1C(=O)c2ccccc2C1=O)c1nc2ccccc2[nH]1. The molecule has 2 heterocycles. The minimum Gasteiger partial charge on any atom is -0.346 e. The molecule has 0 radical (unpaired) electrons. The van der Waals surface area contributed by atoms with Crippen LogP contribution >= 0.6 is 0 Å². The third kappa shape index (κ3) is 3.51. The van der Waals surface area contributed by atoms with Gasteiger partial charge in [0.2, 0.25) is 5.91 Å². The molecule has 3 aromatic rings. The van der Waals surface area contributed by atoms with Crippen molar-refractivity contribution in [3.8, 4) is 0 Å². The van der Waals surface area contributed by atoms with Gasteiger partial charge in [-0.25, -0.2) is 4.98 Å². The van der Waals surface area contributed by atoms with Gasteiger partial charge in [-0.3, -0.25) is 19.3 Å². The van der Waals surface area contributed by atoms with Gasteiger partial charge >= 0.3 is 0 Å². The van der Waals surface area contributed by atoms with Gasteiger partial charge in [0.1, 0.15) is 5.82 Å². The minimum absolute atomic E-state index is 0.0366. The van der Waals surface area contributed by atoms with Gasteiger partial charge in [-0.2, -0.15) is 0 Å². The zero-order valence-electron chi connectivity index (χ0n) is 16.3. The molecular formula is C22H22N4O3. The average Bonchev–Trinajstić information content (AvgIpc) is 3.24. The Morgan fingerprint density at radius 2 is 1.66 bits per heavy atom. The number of H-pyrrole nitrogens is 1. The molecule has 1 atom stereocenters. The molecule has 3 amide bonds. The van der Waals surface area contributed by atoms with Crippen LogP contribution in [0.15, 0.2) is 48.5 Å². The van der Waals surface area contributed by atoms with Gasteiger partial charge in [0.15, 0.2) is 0 Å². The number of para-hydroxylation sites is 2. The number of fused-ring (bicyclic) bond motifs is 2. The van der Waals surface area contributed by atoms with E-state index in [1.54, 1.807) is 24.3 Å². The molecule has 148 valence electrons. The van der Waals surface area contributed by atoms with Crippen molar-refractivity contribution in [2.24, 2.45) is 5.92 Å². The predicted octanol–water partition coefficient (Wildman–Crippen LogP) is 3.06. The van der Waals surface area contributed by atoms with Crippen molar-refractivity contribution in [1.82, 2.24) is 20.2 Å². The number of benzene rings is 2. The van der Waals surface area contributed by atoms with Gasteiger partial charge in [-0.05, 0) is 30.2 Å². The van der Waals surface area contributed by atoms with Crippen molar-refractivity contribution in [1.29, 1.82) is 0 Å². The molecule has 4 rings (SSSR count). The fourth-order valence-electron chi connectivity index (χ4n) is 3.57. The molecule has 0 spiro atoms. The first-order valence-electron chi connectivity index (χ1n) is 9.65. The number of hydrogen-bond acceptors (Lipinski definition) is 4. The largest absolute Gasteiger partial charge is 0.346 e. The molecule has 0 saturated carbocycles. The topological polar surface area (TPSA) is 95.2 Å². The molecule has 0 aliphatic carbocycles. The molecule has 1 aromatic heterocycles. The van der Waals surface area contributed by atoms with E-state index >= 15 is 0 Å². The highest BCUT2D eigenvalue weighted by molar-refractivity contribution is 6.21. The van der Waals surface area contributed by atoms with Crippen LogP contribution in [0.1, 0.15) is 52.9 Å². The maximum absolute atomic E-state index is 12.6. The lowest BCUT2D eigenvalue weighted by Gasteiger charge is -2.21. The van der Waals surface area contributed by atoms with E-state index in [0.29, 0.717) is 17.0 Å². The van der Waals surface area contributed by atoms with Crippen molar-refractivity contribution >= 4 is 28.8 Å². The predicted molar refractivity (Wildman–Crippen MR) is 108 cm³/mol. The van der Waals surface area contributed by atoms with E-state index in [9.17, 15) is 14.4 Å². The third-order valence-electron chi connectivity index (χ3n) is 5.13. The first-order chi connectivity index (χ1) is 14.0. The number of imidazole rings is 1. The Labute approximate surface area is 168 Å². The highest BCUT2D eigenvalue weighted by Crippen LogP contribution is 2.24. The molecule has 0 bridgehead atoms. The number of nitrogens with one attached hydrogen (secondary N) is 2. The second-order valence-electron chi connectivity index (χ2n) is 7.49. The Morgan fingerprint density at radius 1 is 1.03 bits per heavy atom. The van der Waals surface area contributed by atoms with Crippen LogP contribution in [0.5, 0.6) is 0 Å². The number of amides is 3. The maximum Gasteiger partial charge on any atom is 0.261 e. The number of aromatic nitrogens is 2. The van der Waals surface area contributed by atoms with Crippen molar-refractivity contribution in [3.63, 3.8) is 0 Å². The van der Waals surface area contributed by atoms with Crippen molar-refractivity contribution < 1.29 is 14.4 Å². The van der Waals surface area contributed by atoms with E-state index in [0.717, 1.165) is 15.9 Å². The van der Waals surface area contributed by atoms with E-state index in [-0.39, 0.29) is 42.6 Å². The Bertz CT molecular complexity index is 1030. The van der Waals surface area contributed by atoms with Crippen LogP contribution in [-0.2, 0) is 4.79 Å². The smallest absolute Gasteiger partial charge is 0.261 e. The van der Waals surface area contributed by atoms with E-state index in [1.165, 1.54) is 0 Å². The molecule has 0 unspecified atom stereocenters. The Hall–Kier alpha value is -3.48. The summed E-state index contributed by atoms with van der Waals surface area (Å²) in [7, 11) is 0. The van der Waals surface area contributed by atoms with Gasteiger partial charge in [-0.15, -0.1) is 0 Å². The standard InChI is InChI=1S/C22H22N4O3/c1-13(2)19(20-23-16-9-5-6-10-17(16)24-20)25-18(27)11-12-26-21(28)14-7-3-4-8-15(14)22(26)29/h3-10,13,19H,11-12H2,1-2H3,(H,23,24)(H,25,27)/t19-/m0/s1. The molecule has 1 aliphatic heterocycles. The normalized spacial score (nSPS) is 14.5. The summed E-state index contributed by atoms with van der Waals surface area (Å²) in [5.41, 5.74) is 2.53. The summed E-state index contributed by atoms with van der Waals surface area (Å²) in [6.07, 6.45) is 0.0366. The fraction of sp³-hybridized carbons (Fsp3) is 0.273. The molecule has 7 nitrogen and oxygen atoms in total. The van der Waals surface area contributed by atoms with Gasteiger partial charge in [0.05, 0.1) is 28.2 Å². The third-order valence-corrected chi connectivity index (χ3v) is 5.13. The molecule has 29 heavy (non-hydrogen) atoms. The number of carbonyl (C=O) groups is 3. The number of rotatable bonds is 6. The first kappa shape index (κ1) is 18.9. The Kier molecular flexibility index (Phi) is 4.88. The van der Waals surface area contributed by atoms with Crippen molar-refractivity contribution in [2.45, 2.75) is 26.3 Å². The monoisotopic (exact) mass is 390 g/mol. The highest BCUT2D eigenvalue weighted by atomic mass is 16.2. The van der Waals surface area contributed by atoms with Gasteiger partial charge < -0.3 is 10.3 Å². The number of carbonyl (C=O) groups excluding carboxylic acids is 3. The second kappa shape index (κ2) is 7.50. The average molecular weight is 390 g/mol. The van der Waals surface area contributed by atoms with E-state index in [1.807, 2.05) is 38.1 Å². The minimum atomic E-state index is -0.351. The van der Waals surface area contributed by atoms with Crippen LogP contribution in [0, 0.1) is 5.92 Å². The summed E-state index contributed by atoms with van der Waals surface area (Å²) >= 11 is 0. The summed E-state index contributed by atoms with van der Waals surface area (Å²) in [4.78, 5) is 46.4. The zero-order chi connectivity index (χ0) is 20.5. The van der Waals surface area contributed by atoms with Crippen LogP contribution in [0.2, 0.25) is 0 Å². The number of imide groups is 1. The van der Waals surface area contributed by atoms with E-state index < -0.39 is 0 Å². The lowest BCUT2D eigenvalue weighted by Crippen LogP contribution is -2.37. The molecule has 2 N–H and O–H groups in total. The summed E-state index contributed by atoms with van der Waals surface area (Å²) in [5, 5.41) is 2.99. The van der Waals surface area contributed by atoms with Crippen molar-refractivity contribution in [2.75, 3.05) is 6.54 Å². The number of aromatic amines is 1. The quantitative estimate of drug-likeness (QED) is 0.633. The Morgan fingerprint density at radius 3 is 2.28 bits per heavy atom. The summed E-state index contributed by atoms with van der Waals surface area (Å²) < 4.78 is 0. The lowest BCUT2D eigenvalue weighted by molar-refractivity contribution is -0.122. The summed E-state index contributed by atoms with van der Waals surface area (Å²) in [6, 6.07) is 14.1. The number of nitrogens with zero attached hydrogens (tertiary/aromatic N) is 2. The van der Waals surface area contributed by atoms with Gasteiger partial charge in [-0.1, -0.05) is 38.1 Å². The van der Waals surface area contributed by atoms with Crippen LogP contribution in [0.4, 0.5) is 0 Å². The molecule has 0 saturated heterocycles. The highest BCUT2D eigenvalue weighted by Gasteiger charge is 2.35. The van der Waals surface area contributed by atoms with Crippen LogP contribution in [0.3, 0.4) is 0 Å². The summed E-state index contributed by atoms with van der Waals surface area (Å²) in [6.45, 7) is 4.05. The van der Waals surface area contributed by atoms with Gasteiger partial charge in [0.25, 0.3) is 11.8 Å². The molecule has 2 aromatic carbocycles. The van der Waals surface area contributed by atoms with Crippen LogP contribution in [-0.4, -0.2) is 39.1 Å². The molecule has 0 fully saturated rings. The Balaban J connectivity index is 1.43. The lowest BCUT2D eigenvalue weighted by atomic mass is 10.0. The molecular weight excluding hydrogens is 368 g/mol. The van der Waals surface area contributed by atoms with Crippen molar-refractivity contribution in [3.05, 3.63) is 65.5 Å². The second-order valence-corrected chi connectivity index (χ2v) is 7.49. The maximum atomic E-state index is 12.6. The molecule has 1 aliphatic rings. The van der Waals surface area contributed by atoms with Gasteiger partial charge in [0, 0.05) is 13.0 Å². The number of hydrogen-bond donors (Lipinski definition) is 2. The first-order valence-corrected chi connectivity index (χ1v) is 9.65. The fourth-order valence-corrected chi connectivity index (χ4v) is 3.57. The summed E-state index contributed by atoms with van der Waals surface area (Å²) in [5.74, 6) is -0.137. The van der Waals surface area contributed by atoms with E-state index in [4.69, 9.17) is 0 Å². The van der Waals surface area contributed by atoms with Crippen LogP contribution < -0.4 is 5.32 Å².